The number of esters is 1. The molecule has 0 radical (unpaired) electrons. The Bertz CT molecular complexity index is 423. The molecule has 1 unspecified atom stereocenters. The fraction of sp³-hybridized carbons (Fsp3) is 0.500. The zero-order chi connectivity index (χ0) is 14.3. The summed E-state index contributed by atoms with van der Waals surface area (Å²) in [7, 11) is 0. The highest BCUT2D eigenvalue weighted by molar-refractivity contribution is 6.26. The van der Waals surface area contributed by atoms with E-state index in [1.807, 2.05) is 26.0 Å². The highest BCUT2D eigenvalue weighted by Gasteiger charge is 2.11. The Labute approximate surface area is 118 Å². The number of carbonyl (C=O) groups is 1. The topological polar surface area (TPSA) is 61.6 Å². The lowest BCUT2D eigenvalue weighted by atomic mass is 10.0. The summed E-state index contributed by atoms with van der Waals surface area (Å²) < 4.78 is 10.6. The number of carbonyl (C=O) groups excluding carboxylic acids is 1. The average Bonchev–Trinajstić information content (AvgIpc) is 2.41. The molecule has 0 aliphatic heterocycles. The van der Waals surface area contributed by atoms with Gasteiger partial charge in [-0.2, -0.15) is 0 Å². The molecule has 19 heavy (non-hydrogen) atoms. The van der Waals surface area contributed by atoms with Gasteiger partial charge in [0.25, 0.3) is 0 Å². The van der Waals surface area contributed by atoms with Crippen LogP contribution in [0.15, 0.2) is 18.2 Å². The molecule has 5 heteroatoms. The van der Waals surface area contributed by atoms with E-state index in [1.165, 1.54) is 0 Å². The predicted molar refractivity (Wildman–Crippen MR) is 75.9 cm³/mol. The maximum atomic E-state index is 11.2. The van der Waals surface area contributed by atoms with Crippen LogP contribution in [0.4, 0.5) is 0 Å². The molecule has 0 spiro atoms. The molecule has 1 aromatic carbocycles. The van der Waals surface area contributed by atoms with Gasteiger partial charge < -0.3 is 15.2 Å². The first-order valence-electron chi connectivity index (χ1n) is 6.38. The van der Waals surface area contributed by atoms with E-state index in [0.29, 0.717) is 18.1 Å². The molecular weight excluding hydrogens is 266 g/mol. The lowest BCUT2D eigenvalue weighted by Crippen LogP contribution is -2.21. The number of benzene rings is 1. The molecule has 0 amide bonds. The predicted octanol–water partition coefficient (Wildman–Crippen LogP) is 2.51. The van der Waals surface area contributed by atoms with Gasteiger partial charge in [0.2, 0.25) is 0 Å². The second-order valence-electron chi connectivity index (χ2n) is 4.19. The average molecular weight is 286 g/mol. The highest BCUT2D eigenvalue weighted by Crippen LogP contribution is 2.29. The van der Waals surface area contributed by atoms with E-state index in [4.69, 9.17) is 26.8 Å². The summed E-state index contributed by atoms with van der Waals surface area (Å²) in [4.78, 5) is 11.2. The zero-order valence-electron chi connectivity index (χ0n) is 11.3. The summed E-state index contributed by atoms with van der Waals surface area (Å²) in [5, 5.41) is 0. The Morgan fingerprint density at radius 3 is 2.68 bits per heavy atom. The van der Waals surface area contributed by atoms with Crippen molar-refractivity contribution in [3.63, 3.8) is 0 Å². The van der Waals surface area contributed by atoms with Crippen molar-refractivity contribution in [1.82, 2.24) is 0 Å². The van der Waals surface area contributed by atoms with E-state index in [0.717, 1.165) is 18.4 Å². The van der Waals surface area contributed by atoms with Gasteiger partial charge in [0.1, 0.15) is 5.88 Å². The van der Waals surface area contributed by atoms with Crippen LogP contribution >= 0.6 is 11.6 Å². The summed E-state index contributed by atoms with van der Waals surface area (Å²) in [5.74, 6) is 0.248. The van der Waals surface area contributed by atoms with Gasteiger partial charge in [-0.25, -0.2) is 0 Å². The minimum absolute atomic E-state index is 0.116. The maximum Gasteiger partial charge on any atom is 0.326 e. The molecule has 0 bridgehead atoms. The van der Waals surface area contributed by atoms with E-state index in [-0.39, 0.29) is 11.9 Å². The first-order chi connectivity index (χ1) is 9.10. The highest BCUT2D eigenvalue weighted by atomic mass is 35.5. The Kier molecular flexibility index (Phi) is 6.67. The van der Waals surface area contributed by atoms with Crippen molar-refractivity contribution in [1.29, 1.82) is 0 Å². The van der Waals surface area contributed by atoms with E-state index < -0.39 is 5.97 Å². The van der Waals surface area contributed by atoms with Crippen LogP contribution in [-0.2, 0) is 11.2 Å². The Morgan fingerprint density at radius 1 is 1.37 bits per heavy atom. The molecule has 0 saturated heterocycles. The van der Waals surface area contributed by atoms with Crippen LogP contribution in [0.2, 0.25) is 0 Å². The van der Waals surface area contributed by atoms with Crippen molar-refractivity contribution in [3.05, 3.63) is 23.8 Å². The minimum atomic E-state index is -0.499. The molecule has 0 aliphatic carbocycles. The number of ether oxygens (including phenoxy) is 2. The summed E-state index contributed by atoms with van der Waals surface area (Å²) in [6, 6.07) is 5.57. The third kappa shape index (κ3) is 5.09. The second kappa shape index (κ2) is 8.02. The Hall–Kier alpha value is -1.26. The first kappa shape index (κ1) is 15.8. The SMILES string of the molecule is CCOc1cc(CC(N)CC)ccc1OC(=O)CCl. The van der Waals surface area contributed by atoms with Crippen LogP contribution in [0.1, 0.15) is 25.8 Å². The van der Waals surface area contributed by atoms with Crippen molar-refractivity contribution in [2.75, 3.05) is 12.5 Å². The number of halogens is 1. The molecule has 1 aromatic rings. The van der Waals surface area contributed by atoms with E-state index >= 15 is 0 Å². The number of nitrogens with two attached hydrogens (primary N) is 1. The van der Waals surface area contributed by atoms with Gasteiger partial charge in [-0.05, 0) is 37.5 Å². The monoisotopic (exact) mass is 285 g/mol. The fourth-order valence-electron chi connectivity index (χ4n) is 1.63. The smallest absolute Gasteiger partial charge is 0.326 e. The number of hydrogen-bond donors (Lipinski definition) is 1. The van der Waals surface area contributed by atoms with Gasteiger partial charge in [0.05, 0.1) is 6.61 Å². The van der Waals surface area contributed by atoms with Crippen molar-refractivity contribution < 1.29 is 14.3 Å². The van der Waals surface area contributed by atoms with Gasteiger partial charge in [-0.3, -0.25) is 4.79 Å². The molecule has 0 fully saturated rings. The summed E-state index contributed by atoms with van der Waals surface area (Å²) >= 11 is 5.42. The minimum Gasteiger partial charge on any atom is -0.490 e. The van der Waals surface area contributed by atoms with Gasteiger partial charge in [-0.1, -0.05) is 13.0 Å². The van der Waals surface area contributed by atoms with Gasteiger partial charge in [0, 0.05) is 6.04 Å². The molecule has 4 nitrogen and oxygen atoms in total. The second-order valence-corrected chi connectivity index (χ2v) is 4.46. The summed E-state index contributed by atoms with van der Waals surface area (Å²) in [6.07, 6.45) is 1.67. The van der Waals surface area contributed by atoms with Crippen LogP contribution < -0.4 is 15.2 Å². The van der Waals surface area contributed by atoms with Crippen molar-refractivity contribution >= 4 is 17.6 Å². The van der Waals surface area contributed by atoms with Crippen LogP contribution in [0, 0.1) is 0 Å². The lowest BCUT2D eigenvalue weighted by molar-refractivity contribution is -0.131. The molecule has 2 N–H and O–H groups in total. The molecule has 0 aromatic heterocycles. The first-order valence-corrected chi connectivity index (χ1v) is 6.92. The van der Waals surface area contributed by atoms with Crippen LogP contribution in [0.3, 0.4) is 0 Å². The third-order valence-electron chi connectivity index (χ3n) is 2.66. The largest absolute Gasteiger partial charge is 0.490 e. The molecule has 1 atom stereocenters. The molecular formula is C14H20ClNO3. The summed E-state index contributed by atoms with van der Waals surface area (Å²) in [6.45, 7) is 4.41. The standard InChI is InChI=1S/C14H20ClNO3/c1-3-11(16)7-10-5-6-12(19-14(17)9-15)13(8-10)18-4-2/h5-6,8,11H,3-4,7,9,16H2,1-2H3. The number of rotatable bonds is 7. The van der Waals surface area contributed by atoms with Crippen molar-refractivity contribution in [2.24, 2.45) is 5.73 Å². The number of hydrogen-bond acceptors (Lipinski definition) is 4. The maximum absolute atomic E-state index is 11.2. The van der Waals surface area contributed by atoms with E-state index in [2.05, 4.69) is 0 Å². The van der Waals surface area contributed by atoms with Crippen molar-refractivity contribution in [2.45, 2.75) is 32.7 Å². The lowest BCUT2D eigenvalue weighted by Gasteiger charge is -2.13. The van der Waals surface area contributed by atoms with Crippen LogP contribution in [0.5, 0.6) is 11.5 Å². The molecule has 0 saturated carbocycles. The Morgan fingerprint density at radius 2 is 2.11 bits per heavy atom. The number of alkyl halides is 1. The fourth-order valence-corrected chi connectivity index (χ4v) is 1.68. The van der Waals surface area contributed by atoms with Crippen molar-refractivity contribution in [3.8, 4) is 11.5 Å². The van der Waals surface area contributed by atoms with Crippen LogP contribution in [0.25, 0.3) is 0 Å². The summed E-state index contributed by atoms with van der Waals surface area (Å²) in [5.41, 5.74) is 6.98. The Balaban J connectivity index is 2.90. The molecule has 0 heterocycles. The quantitative estimate of drug-likeness (QED) is 0.475. The molecule has 0 aliphatic rings. The van der Waals surface area contributed by atoms with E-state index in [9.17, 15) is 4.79 Å². The van der Waals surface area contributed by atoms with Gasteiger partial charge >= 0.3 is 5.97 Å². The van der Waals surface area contributed by atoms with Crippen LogP contribution in [-0.4, -0.2) is 24.5 Å². The molecule has 106 valence electrons. The third-order valence-corrected chi connectivity index (χ3v) is 2.88. The normalized spacial score (nSPS) is 12.0. The zero-order valence-corrected chi connectivity index (χ0v) is 12.1. The van der Waals surface area contributed by atoms with E-state index in [1.54, 1.807) is 6.07 Å². The molecule has 1 rings (SSSR count). The van der Waals surface area contributed by atoms with Gasteiger partial charge in [-0.15, -0.1) is 11.6 Å². The van der Waals surface area contributed by atoms with Gasteiger partial charge in [0.15, 0.2) is 11.5 Å².